The van der Waals surface area contributed by atoms with E-state index in [4.69, 9.17) is 0 Å². The van der Waals surface area contributed by atoms with Gasteiger partial charge in [-0.3, -0.25) is 9.69 Å². The summed E-state index contributed by atoms with van der Waals surface area (Å²) < 4.78 is 0. The van der Waals surface area contributed by atoms with Crippen LogP contribution in [0.15, 0.2) is 23.0 Å². The van der Waals surface area contributed by atoms with Crippen LogP contribution in [-0.4, -0.2) is 66.0 Å². The highest BCUT2D eigenvalue weighted by atomic mass is 32.1. The molecule has 0 aliphatic carbocycles. The van der Waals surface area contributed by atoms with Crippen LogP contribution in [0.3, 0.4) is 0 Å². The molecular formula is C17H24N4OS2. The lowest BCUT2D eigenvalue weighted by Gasteiger charge is -2.37. The van der Waals surface area contributed by atoms with Gasteiger partial charge in [-0.05, 0) is 24.9 Å². The molecule has 130 valence electrons. The number of nitrogens with zero attached hydrogens (tertiary/aromatic N) is 3. The van der Waals surface area contributed by atoms with Crippen LogP contribution in [0.4, 0.5) is 0 Å². The largest absolute Gasteiger partial charge is 0.350 e. The summed E-state index contributed by atoms with van der Waals surface area (Å²) in [6.45, 7) is 10.6. The van der Waals surface area contributed by atoms with Crippen LogP contribution >= 0.6 is 22.7 Å². The molecule has 0 spiro atoms. The molecule has 2 aromatic rings. The van der Waals surface area contributed by atoms with E-state index in [1.54, 1.807) is 17.5 Å². The number of carbonyl (C=O) groups is 1. The van der Waals surface area contributed by atoms with Crippen molar-refractivity contribution in [2.24, 2.45) is 0 Å². The molecule has 1 saturated heterocycles. The van der Waals surface area contributed by atoms with Crippen LogP contribution in [0.2, 0.25) is 0 Å². The number of thiazole rings is 1. The second-order valence-corrected chi connectivity index (χ2v) is 7.88. The number of carbonyl (C=O) groups excluding carboxylic acids is 1. The zero-order valence-electron chi connectivity index (χ0n) is 14.2. The molecule has 0 radical (unpaired) electrons. The first-order valence-corrected chi connectivity index (χ1v) is 10.2. The van der Waals surface area contributed by atoms with E-state index in [-0.39, 0.29) is 5.91 Å². The monoisotopic (exact) mass is 364 g/mol. The van der Waals surface area contributed by atoms with Crippen molar-refractivity contribution in [1.29, 1.82) is 0 Å². The third kappa shape index (κ3) is 4.22. The Hall–Kier alpha value is -1.28. The van der Waals surface area contributed by atoms with E-state index in [0.29, 0.717) is 17.5 Å². The first kappa shape index (κ1) is 17.5. The summed E-state index contributed by atoms with van der Waals surface area (Å²) in [6, 6.07) is 2.39. The predicted octanol–water partition coefficient (Wildman–Crippen LogP) is 2.63. The van der Waals surface area contributed by atoms with Crippen LogP contribution in [0, 0.1) is 0 Å². The van der Waals surface area contributed by atoms with Gasteiger partial charge >= 0.3 is 0 Å². The molecule has 3 rings (SSSR count). The van der Waals surface area contributed by atoms with E-state index >= 15 is 0 Å². The molecule has 0 aromatic carbocycles. The Bertz CT molecular complexity index is 647. The Morgan fingerprint density at radius 2 is 2.17 bits per heavy atom. The van der Waals surface area contributed by atoms with Crippen molar-refractivity contribution in [2.75, 3.05) is 39.3 Å². The SMILES string of the molecule is CCN1CCN(C(C)CNC(=O)c2cnc(-c3ccsc3)s2)CC1. The van der Waals surface area contributed by atoms with E-state index in [2.05, 4.69) is 39.3 Å². The summed E-state index contributed by atoms with van der Waals surface area (Å²) in [5.41, 5.74) is 1.09. The zero-order chi connectivity index (χ0) is 16.9. The molecule has 1 unspecified atom stereocenters. The molecular weight excluding hydrogens is 340 g/mol. The molecule has 1 aliphatic rings. The number of hydrogen-bond donors (Lipinski definition) is 1. The van der Waals surface area contributed by atoms with Gasteiger partial charge in [0.1, 0.15) is 9.88 Å². The minimum atomic E-state index is -0.0203. The number of hydrogen-bond acceptors (Lipinski definition) is 6. The summed E-state index contributed by atoms with van der Waals surface area (Å²) in [7, 11) is 0. The van der Waals surface area contributed by atoms with Crippen LogP contribution in [0.5, 0.6) is 0 Å². The molecule has 1 amide bonds. The maximum absolute atomic E-state index is 12.3. The number of rotatable bonds is 6. The Labute approximate surface area is 151 Å². The normalized spacial score (nSPS) is 17.8. The lowest BCUT2D eigenvalue weighted by Crippen LogP contribution is -2.52. The van der Waals surface area contributed by atoms with Gasteiger partial charge in [0.05, 0.1) is 6.20 Å². The fraction of sp³-hybridized carbons (Fsp3) is 0.529. The molecule has 1 atom stereocenters. The van der Waals surface area contributed by atoms with Crippen molar-refractivity contribution >= 4 is 28.6 Å². The lowest BCUT2D eigenvalue weighted by atomic mass is 10.2. The van der Waals surface area contributed by atoms with Gasteiger partial charge in [-0.1, -0.05) is 6.92 Å². The fourth-order valence-electron chi connectivity index (χ4n) is 2.88. The smallest absolute Gasteiger partial charge is 0.263 e. The quantitative estimate of drug-likeness (QED) is 0.856. The maximum Gasteiger partial charge on any atom is 0.263 e. The highest BCUT2D eigenvalue weighted by Gasteiger charge is 2.21. The summed E-state index contributed by atoms with van der Waals surface area (Å²) in [5.74, 6) is -0.0203. The van der Waals surface area contributed by atoms with Crippen molar-refractivity contribution < 1.29 is 4.79 Å². The highest BCUT2D eigenvalue weighted by Crippen LogP contribution is 2.26. The number of likely N-dealkylation sites (N-methyl/N-ethyl adjacent to an activating group) is 1. The average molecular weight is 365 g/mol. The van der Waals surface area contributed by atoms with E-state index in [0.717, 1.165) is 43.3 Å². The van der Waals surface area contributed by atoms with Crippen molar-refractivity contribution in [3.63, 3.8) is 0 Å². The van der Waals surface area contributed by atoms with Crippen LogP contribution in [-0.2, 0) is 0 Å². The Kier molecular flexibility index (Phi) is 5.99. The van der Waals surface area contributed by atoms with Gasteiger partial charge < -0.3 is 10.2 Å². The molecule has 3 heterocycles. The Balaban J connectivity index is 1.49. The molecule has 1 aliphatic heterocycles. The molecule has 24 heavy (non-hydrogen) atoms. The van der Waals surface area contributed by atoms with Gasteiger partial charge in [0, 0.05) is 49.7 Å². The Morgan fingerprint density at radius 3 is 2.83 bits per heavy atom. The zero-order valence-corrected chi connectivity index (χ0v) is 15.8. The van der Waals surface area contributed by atoms with Crippen molar-refractivity contribution in [3.05, 3.63) is 27.9 Å². The van der Waals surface area contributed by atoms with Gasteiger partial charge in [0.2, 0.25) is 0 Å². The summed E-state index contributed by atoms with van der Waals surface area (Å²) in [6.07, 6.45) is 1.68. The standard InChI is InChI=1S/C17H24N4OS2/c1-3-20-5-7-21(8-6-20)13(2)10-18-16(22)15-11-19-17(24-15)14-4-9-23-12-14/h4,9,11-13H,3,5-8,10H2,1-2H3,(H,18,22). The molecule has 2 aromatic heterocycles. The number of thiophene rings is 1. The molecule has 1 N–H and O–H groups in total. The van der Waals surface area contributed by atoms with Gasteiger partial charge in [0.15, 0.2) is 0 Å². The summed E-state index contributed by atoms with van der Waals surface area (Å²) >= 11 is 3.09. The van der Waals surface area contributed by atoms with Gasteiger partial charge in [-0.25, -0.2) is 4.98 Å². The molecule has 5 nitrogen and oxygen atoms in total. The Morgan fingerprint density at radius 1 is 1.38 bits per heavy atom. The van der Waals surface area contributed by atoms with E-state index in [1.807, 2.05) is 11.4 Å². The van der Waals surface area contributed by atoms with Crippen LogP contribution < -0.4 is 5.32 Å². The van der Waals surface area contributed by atoms with E-state index in [1.165, 1.54) is 11.3 Å². The highest BCUT2D eigenvalue weighted by molar-refractivity contribution is 7.17. The molecule has 1 fully saturated rings. The van der Waals surface area contributed by atoms with Crippen LogP contribution in [0.25, 0.3) is 10.6 Å². The summed E-state index contributed by atoms with van der Waals surface area (Å²) in [4.78, 5) is 22.3. The second kappa shape index (κ2) is 8.20. The van der Waals surface area contributed by atoms with Gasteiger partial charge in [-0.15, -0.1) is 11.3 Å². The number of nitrogens with one attached hydrogen (secondary N) is 1. The molecule has 0 saturated carbocycles. The predicted molar refractivity (Wildman–Crippen MR) is 101 cm³/mol. The van der Waals surface area contributed by atoms with Crippen molar-refractivity contribution in [1.82, 2.24) is 20.1 Å². The van der Waals surface area contributed by atoms with Gasteiger partial charge in [0.25, 0.3) is 5.91 Å². The third-order valence-corrected chi connectivity index (χ3v) is 6.26. The van der Waals surface area contributed by atoms with Crippen molar-refractivity contribution in [3.8, 4) is 10.6 Å². The summed E-state index contributed by atoms with van der Waals surface area (Å²) in [5, 5.41) is 8.04. The minimum Gasteiger partial charge on any atom is -0.350 e. The van der Waals surface area contributed by atoms with Gasteiger partial charge in [-0.2, -0.15) is 11.3 Å². The minimum absolute atomic E-state index is 0.0203. The topological polar surface area (TPSA) is 48.5 Å². The lowest BCUT2D eigenvalue weighted by molar-refractivity contribution is 0.0886. The fourth-order valence-corrected chi connectivity index (χ4v) is 4.42. The first-order valence-electron chi connectivity index (χ1n) is 8.40. The second-order valence-electron chi connectivity index (χ2n) is 6.07. The average Bonchev–Trinajstić information content (AvgIpc) is 3.30. The number of amides is 1. The van der Waals surface area contributed by atoms with E-state index in [9.17, 15) is 4.79 Å². The van der Waals surface area contributed by atoms with E-state index < -0.39 is 0 Å². The molecule has 7 heteroatoms. The third-order valence-electron chi connectivity index (χ3n) is 4.53. The molecule has 0 bridgehead atoms. The number of piperazine rings is 1. The van der Waals surface area contributed by atoms with Crippen molar-refractivity contribution in [2.45, 2.75) is 19.9 Å². The first-order chi connectivity index (χ1) is 11.7. The number of aromatic nitrogens is 1. The van der Waals surface area contributed by atoms with Crippen LogP contribution in [0.1, 0.15) is 23.5 Å². The maximum atomic E-state index is 12.3.